The van der Waals surface area contributed by atoms with Crippen molar-refractivity contribution in [3.8, 4) is 16.9 Å². The standard InChI is InChI=1S/C30H36N3O7PS/c1-20-16-26-28-25(22-4-2-5-24(17-22)42(37,38)23-6-7-23)8-9-27(29(28)32-30(26)31-18-20)39-15-3-12-33-13-10-21(11-14-33)19-40-41(34,35)36/h2,4-5,8-9,16-18,21,23H,3,6-7,10-15,19H2,1H3,(H,31,32)(H2,34,35,36). The lowest BCUT2D eigenvalue weighted by Crippen LogP contribution is -2.36. The van der Waals surface area contributed by atoms with E-state index in [1.165, 1.54) is 0 Å². The van der Waals surface area contributed by atoms with E-state index < -0.39 is 17.7 Å². The highest BCUT2D eigenvalue weighted by molar-refractivity contribution is 7.92. The van der Waals surface area contributed by atoms with Gasteiger partial charge in [0, 0.05) is 23.5 Å². The van der Waals surface area contributed by atoms with Gasteiger partial charge in [0.1, 0.15) is 11.4 Å². The van der Waals surface area contributed by atoms with E-state index in [0.29, 0.717) is 11.5 Å². The van der Waals surface area contributed by atoms with E-state index in [2.05, 4.69) is 25.5 Å². The summed E-state index contributed by atoms with van der Waals surface area (Å²) in [5.74, 6) is 0.880. The Morgan fingerprint density at radius 3 is 2.62 bits per heavy atom. The molecule has 1 aliphatic heterocycles. The van der Waals surface area contributed by atoms with Gasteiger partial charge in [0.25, 0.3) is 0 Å². The quantitative estimate of drug-likeness (QED) is 0.153. The molecule has 3 N–H and O–H groups in total. The Bertz CT molecular complexity index is 1760. The molecule has 1 aliphatic carbocycles. The molecule has 4 aromatic rings. The highest BCUT2D eigenvalue weighted by atomic mass is 32.2. The molecule has 0 radical (unpaired) electrons. The predicted molar refractivity (Wildman–Crippen MR) is 161 cm³/mol. The molecule has 0 unspecified atom stereocenters. The predicted octanol–water partition coefficient (Wildman–Crippen LogP) is 5.22. The van der Waals surface area contributed by atoms with Crippen molar-refractivity contribution in [3.63, 3.8) is 0 Å². The third-order valence-corrected chi connectivity index (χ3v) is 10.9. The number of piperidine rings is 1. The maximum Gasteiger partial charge on any atom is 0.469 e. The number of rotatable bonds is 11. The average molecular weight is 614 g/mol. The van der Waals surface area contributed by atoms with Gasteiger partial charge in [-0.15, -0.1) is 0 Å². The molecule has 0 spiro atoms. The summed E-state index contributed by atoms with van der Waals surface area (Å²) >= 11 is 0. The lowest BCUT2D eigenvalue weighted by atomic mass is 9.98. The van der Waals surface area contributed by atoms with Gasteiger partial charge >= 0.3 is 7.82 Å². The summed E-state index contributed by atoms with van der Waals surface area (Å²) in [5.41, 5.74) is 4.38. The van der Waals surface area contributed by atoms with Gasteiger partial charge in [0.2, 0.25) is 0 Å². The zero-order chi connectivity index (χ0) is 29.5. The molecule has 12 heteroatoms. The number of fused-ring (bicyclic) bond motifs is 3. The Kier molecular flexibility index (Phi) is 8.17. The fourth-order valence-corrected chi connectivity index (χ4v) is 7.89. The molecule has 2 aromatic heterocycles. The Hall–Kier alpha value is -2.79. The number of sulfone groups is 1. The third kappa shape index (κ3) is 6.41. The van der Waals surface area contributed by atoms with Gasteiger partial charge in [-0.3, -0.25) is 4.52 Å². The second-order valence-corrected chi connectivity index (χ2v) is 14.9. The summed E-state index contributed by atoms with van der Waals surface area (Å²) in [4.78, 5) is 28.6. The second-order valence-electron chi connectivity index (χ2n) is 11.4. The van der Waals surface area contributed by atoms with E-state index in [-0.39, 0.29) is 17.8 Å². The molecule has 2 aromatic carbocycles. The molecular weight excluding hydrogens is 577 g/mol. The lowest BCUT2D eigenvalue weighted by molar-refractivity contribution is 0.114. The van der Waals surface area contributed by atoms with Crippen molar-refractivity contribution in [2.24, 2.45) is 5.92 Å². The van der Waals surface area contributed by atoms with E-state index in [4.69, 9.17) is 14.5 Å². The summed E-state index contributed by atoms with van der Waals surface area (Å²) in [5, 5.41) is 1.66. The van der Waals surface area contributed by atoms with Crippen LogP contribution in [-0.2, 0) is 18.9 Å². The monoisotopic (exact) mass is 613 g/mol. The van der Waals surface area contributed by atoms with Crippen LogP contribution in [0.1, 0.15) is 37.7 Å². The van der Waals surface area contributed by atoms with E-state index in [1.54, 1.807) is 12.1 Å². The second kappa shape index (κ2) is 11.7. The molecule has 0 atom stereocenters. The summed E-state index contributed by atoms with van der Waals surface area (Å²) in [6.45, 7) is 5.19. The Morgan fingerprint density at radius 1 is 1.10 bits per heavy atom. The minimum atomic E-state index is -4.42. The number of nitrogens with zero attached hydrogens (tertiary/aromatic N) is 2. The smallest absolute Gasteiger partial charge is 0.469 e. The molecule has 3 heterocycles. The minimum absolute atomic E-state index is 0.0900. The van der Waals surface area contributed by atoms with Gasteiger partial charge in [0.05, 0.1) is 28.9 Å². The maximum atomic E-state index is 13.0. The number of hydrogen-bond donors (Lipinski definition) is 3. The Labute approximate surface area is 245 Å². The van der Waals surface area contributed by atoms with Crippen molar-refractivity contribution in [2.75, 3.05) is 32.8 Å². The average Bonchev–Trinajstić information content (AvgIpc) is 3.77. The molecule has 224 valence electrons. The van der Waals surface area contributed by atoms with Crippen LogP contribution >= 0.6 is 7.82 Å². The van der Waals surface area contributed by atoms with Crippen LogP contribution in [0, 0.1) is 12.8 Å². The normalized spacial score (nSPS) is 17.3. The van der Waals surface area contributed by atoms with Crippen molar-refractivity contribution in [3.05, 3.63) is 54.2 Å². The number of hydrogen-bond acceptors (Lipinski definition) is 7. The van der Waals surface area contributed by atoms with Gasteiger partial charge in [-0.2, -0.15) is 0 Å². The first kappa shape index (κ1) is 29.3. The van der Waals surface area contributed by atoms with E-state index in [9.17, 15) is 13.0 Å². The number of aromatic amines is 1. The zero-order valence-corrected chi connectivity index (χ0v) is 25.2. The summed E-state index contributed by atoms with van der Waals surface area (Å²) in [7, 11) is -7.74. The molecule has 1 saturated carbocycles. The fraction of sp³-hybridized carbons (Fsp3) is 0.433. The van der Waals surface area contributed by atoms with Crippen LogP contribution in [0.4, 0.5) is 0 Å². The van der Waals surface area contributed by atoms with Gasteiger partial charge in [-0.1, -0.05) is 12.1 Å². The zero-order valence-electron chi connectivity index (χ0n) is 23.5. The van der Waals surface area contributed by atoms with Crippen LogP contribution in [0.2, 0.25) is 0 Å². The molecule has 2 aliphatic rings. The topological polar surface area (TPSA) is 142 Å². The van der Waals surface area contributed by atoms with E-state index in [0.717, 1.165) is 96.1 Å². The highest BCUT2D eigenvalue weighted by Gasteiger charge is 2.37. The Morgan fingerprint density at radius 2 is 1.88 bits per heavy atom. The first-order valence-electron chi connectivity index (χ1n) is 14.4. The van der Waals surface area contributed by atoms with Crippen LogP contribution in [0.15, 0.2) is 53.6 Å². The first-order valence-corrected chi connectivity index (χ1v) is 17.5. The number of phosphoric ester groups is 1. The largest absolute Gasteiger partial charge is 0.491 e. The molecular formula is C30H36N3O7PS. The van der Waals surface area contributed by atoms with Crippen LogP contribution in [0.5, 0.6) is 5.75 Å². The van der Waals surface area contributed by atoms with Crippen molar-refractivity contribution in [1.29, 1.82) is 0 Å². The highest BCUT2D eigenvalue weighted by Crippen LogP contribution is 2.41. The fourth-order valence-electron chi connectivity index (χ4n) is 5.79. The molecule has 0 bridgehead atoms. The number of phosphoric acid groups is 1. The number of nitrogens with one attached hydrogen (secondary N) is 1. The number of benzene rings is 2. The van der Waals surface area contributed by atoms with Crippen molar-refractivity contribution >= 4 is 39.6 Å². The van der Waals surface area contributed by atoms with E-state index >= 15 is 0 Å². The SMILES string of the molecule is Cc1cnc2[nH]c3c(OCCCN4CCC(COP(=O)(O)O)CC4)ccc(-c4cccc(S(=O)(=O)C5CC5)c4)c3c2c1. The van der Waals surface area contributed by atoms with Crippen LogP contribution in [0.3, 0.4) is 0 Å². The summed E-state index contributed by atoms with van der Waals surface area (Å²) < 4.78 is 47.9. The van der Waals surface area contributed by atoms with E-state index in [1.807, 2.05) is 37.4 Å². The number of pyridine rings is 1. The number of aromatic nitrogens is 2. The van der Waals surface area contributed by atoms with Gasteiger partial charge in [0.15, 0.2) is 9.84 Å². The lowest BCUT2D eigenvalue weighted by Gasteiger charge is -2.31. The number of aryl methyl sites for hydroxylation is 1. The van der Waals surface area contributed by atoms with Crippen LogP contribution in [0.25, 0.3) is 33.1 Å². The van der Waals surface area contributed by atoms with Crippen LogP contribution in [-0.4, -0.2) is 71.2 Å². The summed E-state index contributed by atoms with van der Waals surface area (Å²) in [6, 6.07) is 13.3. The number of H-pyrrole nitrogens is 1. The molecule has 42 heavy (non-hydrogen) atoms. The third-order valence-electron chi connectivity index (χ3n) is 8.20. The van der Waals surface area contributed by atoms with Crippen molar-refractivity contribution < 1.29 is 32.0 Å². The van der Waals surface area contributed by atoms with Crippen LogP contribution < -0.4 is 4.74 Å². The first-order chi connectivity index (χ1) is 20.1. The number of likely N-dealkylation sites (tertiary alicyclic amines) is 1. The molecule has 10 nitrogen and oxygen atoms in total. The summed E-state index contributed by atoms with van der Waals surface area (Å²) in [6.07, 6.45) is 5.78. The Balaban J connectivity index is 1.18. The van der Waals surface area contributed by atoms with Gasteiger partial charge in [-0.25, -0.2) is 18.0 Å². The van der Waals surface area contributed by atoms with Crippen molar-refractivity contribution in [2.45, 2.75) is 49.2 Å². The minimum Gasteiger partial charge on any atom is -0.491 e. The van der Waals surface area contributed by atoms with Gasteiger partial charge in [-0.05, 0) is 105 Å². The molecule has 0 amide bonds. The number of ether oxygens (including phenoxy) is 1. The van der Waals surface area contributed by atoms with Crippen molar-refractivity contribution in [1.82, 2.24) is 14.9 Å². The molecule has 6 rings (SSSR count). The maximum absolute atomic E-state index is 13.0. The molecule has 2 fully saturated rings. The van der Waals surface area contributed by atoms with Gasteiger partial charge < -0.3 is 24.4 Å². The molecule has 1 saturated heterocycles.